The van der Waals surface area contributed by atoms with Gasteiger partial charge in [-0.2, -0.15) is 0 Å². The highest BCUT2D eigenvalue weighted by Gasteiger charge is 2.39. The maximum absolute atomic E-state index is 12.4. The summed E-state index contributed by atoms with van der Waals surface area (Å²) >= 11 is 0. The predicted octanol–water partition coefficient (Wildman–Crippen LogP) is 2.22. The first kappa shape index (κ1) is 12.9. The van der Waals surface area contributed by atoms with E-state index in [0.29, 0.717) is 11.9 Å². The zero-order valence-corrected chi connectivity index (χ0v) is 11.1. The Labute approximate surface area is 105 Å². The van der Waals surface area contributed by atoms with Crippen molar-refractivity contribution in [2.75, 3.05) is 13.1 Å². The molecule has 1 heterocycles. The minimum Gasteiger partial charge on any atom is -0.353 e. The van der Waals surface area contributed by atoms with Gasteiger partial charge in [-0.1, -0.05) is 19.8 Å². The molecular formula is C14H26N2O. The molecule has 0 radical (unpaired) electrons. The maximum Gasteiger partial charge on any atom is 0.226 e. The fourth-order valence-corrected chi connectivity index (χ4v) is 3.29. The molecule has 0 bridgehead atoms. The fraction of sp³-hybridized carbons (Fsp3) is 0.929. The van der Waals surface area contributed by atoms with Crippen LogP contribution in [-0.4, -0.2) is 25.0 Å². The zero-order chi connectivity index (χ0) is 12.1. The summed E-state index contributed by atoms with van der Waals surface area (Å²) < 4.78 is 0. The van der Waals surface area contributed by atoms with Crippen molar-refractivity contribution < 1.29 is 4.79 Å². The van der Waals surface area contributed by atoms with Crippen molar-refractivity contribution >= 4 is 5.91 Å². The van der Waals surface area contributed by atoms with E-state index in [0.717, 1.165) is 45.2 Å². The van der Waals surface area contributed by atoms with Crippen molar-refractivity contribution in [3.8, 4) is 0 Å². The lowest BCUT2D eigenvalue weighted by Gasteiger charge is -2.29. The van der Waals surface area contributed by atoms with Crippen LogP contribution in [0.25, 0.3) is 0 Å². The maximum atomic E-state index is 12.4. The van der Waals surface area contributed by atoms with E-state index in [4.69, 9.17) is 0 Å². The van der Waals surface area contributed by atoms with Crippen LogP contribution in [0, 0.1) is 5.41 Å². The molecule has 1 amide bonds. The lowest BCUT2D eigenvalue weighted by molar-refractivity contribution is -0.131. The van der Waals surface area contributed by atoms with Crippen LogP contribution >= 0.6 is 0 Å². The number of carbonyl (C=O) groups is 1. The fourth-order valence-electron chi connectivity index (χ4n) is 3.29. The molecule has 1 unspecified atom stereocenters. The zero-order valence-electron chi connectivity index (χ0n) is 11.1. The third-order valence-corrected chi connectivity index (χ3v) is 4.63. The summed E-state index contributed by atoms with van der Waals surface area (Å²) in [5.41, 5.74) is -0.0280. The van der Waals surface area contributed by atoms with E-state index >= 15 is 0 Å². The average molecular weight is 238 g/mol. The highest BCUT2D eigenvalue weighted by molar-refractivity contribution is 5.83. The summed E-state index contributed by atoms with van der Waals surface area (Å²) in [4.78, 5) is 12.4. The number of amides is 1. The Morgan fingerprint density at radius 3 is 2.71 bits per heavy atom. The molecule has 2 N–H and O–H groups in total. The van der Waals surface area contributed by atoms with Crippen molar-refractivity contribution in [2.24, 2.45) is 5.41 Å². The van der Waals surface area contributed by atoms with Gasteiger partial charge in [-0.05, 0) is 51.6 Å². The lowest BCUT2D eigenvalue weighted by atomic mass is 9.82. The van der Waals surface area contributed by atoms with Gasteiger partial charge in [0, 0.05) is 11.5 Å². The smallest absolute Gasteiger partial charge is 0.226 e. The number of carbonyl (C=O) groups excluding carboxylic acids is 1. The predicted molar refractivity (Wildman–Crippen MR) is 69.8 cm³/mol. The molecule has 2 fully saturated rings. The van der Waals surface area contributed by atoms with Crippen LogP contribution in [0.5, 0.6) is 0 Å². The Morgan fingerprint density at radius 1 is 1.24 bits per heavy atom. The SMILES string of the molecule is CCC1(C(=O)NC2CCCNCC2)CCCC1. The molecule has 2 aliphatic rings. The van der Waals surface area contributed by atoms with Gasteiger partial charge >= 0.3 is 0 Å². The summed E-state index contributed by atoms with van der Waals surface area (Å²) in [5, 5.41) is 6.71. The van der Waals surface area contributed by atoms with Gasteiger partial charge in [0.05, 0.1) is 0 Å². The molecule has 3 heteroatoms. The van der Waals surface area contributed by atoms with Gasteiger partial charge in [-0.15, -0.1) is 0 Å². The molecule has 1 saturated carbocycles. The molecule has 1 atom stereocenters. The summed E-state index contributed by atoms with van der Waals surface area (Å²) in [7, 11) is 0. The van der Waals surface area contributed by atoms with E-state index in [2.05, 4.69) is 17.6 Å². The summed E-state index contributed by atoms with van der Waals surface area (Å²) in [6.07, 6.45) is 9.07. The van der Waals surface area contributed by atoms with E-state index in [1.54, 1.807) is 0 Å². The minimum atomic E-state index is -0.0280. The largest absolute Gasteiger partial charge is 0.353 e. The van der Waals surface area contributed by atoms with E-state index in [1.807, 2.05) is 0 Å². The highest BCUT2D eigenvalue weighted by Crippen LogP contribution is 2.41. The molecule has 17 heavy (non-hydrogen) atoms. The second kappa shape index (κ2) is 5.85. The van der Waals surface area contributed by atoms with E-state index in [-0.39, 0.29) is 5.41 Å². The van der Waals surface area contributed by atoms with Crippen LogP contribution in [0.2, 0.25) is 0 Å². The third-order valence-electron chi connectivity index (χ3n) is 4.63. The molecule has 0 aromatic carbocycles. The van der Waals surface area contributed by atoms with Gasteiger partial charge in [0.25, 0.3) is 0 Å². The molecule has 2 rings (SSSR count). The van der Waals surface area contributed by atoms with E-state index in [1.165, 1.54) is 19.3 Å². The molecule has 98 valence electrons. The minimum absolute atomic E-state index is 0.0280. The highest BCUT2D eigenvalue weighted by atomic mass is 16.2. The molecule has 0 aromatic heterocycles. The summed E-state index contributed by atoms with van der Waals surface area (Å²) in [6, 6.07) is 0.404. The van der Waals surface area contributed by atoms with Gasteiger partial charge in [0.2, 0.25) is 5.91 Å². The Kier molecular flexibility index (Phi) is 4.43. The van der Waals surface area contributed by atoms with Crippen LogP contribution in [0.15, 0.2) is 0 Å². The van der Waals surface area contributed by atoms with Crippen molar-refractivity contribution in [1.29, 1.82) is 0 Å². The second-order valence-electron chi connectivity index (χ2n) is 5.69. The van der Waals surface area contributed by atoms with Gasteiger partial charge in [-0.3, -0.25) is 4.79 Å². The first-order chi connectivity index (χ1) is 8.27. The first-order valence-corrected chi connectivity index (χ1v) is 7.28. The molecule has 1 aliphatic carbocycles. The average Bonchev–Trinajstić information content (AvgIpc) is 2.70. The Hall–Kier alpha value is -0.570. The van der Waals surface area contributed by atoms with Crippen molar-refractivity contribution in [3.63, 3.8) is 0 Å². The van der Waals surface area contributed by atoms with Crippen molar-refractivity contribution in [2.45, 2.75) is 64.3 Å². The van der Waals surface area contributed by atoms with E-state index in [9.17, 15) is 4.79 Å². The summed E-state index contributed by atoms with van der Waals surface area (Å²) in [6.45, 7) is 4.31. The van der Waals surface area contributed by atoms with Crippen LogP contribution in [0.3, 0.4) is 0 Å². The molecule has 0 spiro atoms. The molecular weight excluding hydrogens is 212 g/mol. The van der Waals surface area contributed by atoms with E-state index < -0.39 is 0 Å². The number of rotatable bonds is 3. The third kappa shape index (κ3) is 3.01. The Bertz CT molecular complexity index is 251. The number of hydrogen-bond donors (Lipinski definition) is 2. The Morgan fingerprint density at radius 2 is 2.00 bits per heavy atom. The van der Waals surface area contributed by atoms with Gasteiger partial charge in [-0.25, -0.2) is 0 Å². The monoisotopic (exact) mass is 238 g/mol. The topological polar surface area (TPSA) is 41.1 Å². The normalized spacial score (nSPS) is 28.6. The van der Waals surface area contributed by atoms with Crippen LogP contribution in [0.4, 0.5) is 0 Å². The summed E-state index contributed by atoms with van der Waals surface area (Å²) in [5.74, 6) is 0.337. The standard InChI is InChI=1S/C14H26N2O/c1-2-14(8-3-4-9-14)13(17)16-12-6-5-10-15-11-7-12/h12,15H,2-11H2,1H3,(H,16,17). The van der Waals surface area contributed by atoms with Crippen LogP contribution in [0.1, 0.15) is 58.3 Å². The molecule has 1 aliphatic heterocycles. The molecule has 3 nitrogen and oxygen atoms in total. The van der Waals surface area contributed by atoms with Gasteiger partial charge < -0.3 is 10.6 Å². The Balaban J connectivity index is 1.90. The molecule has 0 aromatic rings. The number of hydrogen-bond acceptors (Lipinski definition) is 2. The van der Waals surface area contributed by atoms with Crippen molar-refractivity contribution in [1.82, 2.24) is 10.6 Å². The lowest BCUT2D eigenvalue weighted by Crippen LogP contribution is -2.44. The number of nitrogens with one attached hydrogen (secondary N) is 2. The quantitative estimate of drug-likeness (QED) is 0.791. The first-order valence-electron chi connectivity index (χ1n) is 7.28. The van der Waals surface area contributed by atoms with Gasteiger partial charge in [0.15, 0.2) is 0 Å². The van der Waals surface area contributed by atoms with Crippen molar-refractivity contribution in [3.05, 3.63) is 0 Å². The van der Waals surface area contributed by atoms with Crippen LogP contribution in [-0.2, 0) is 4.79 Å². The van der Waals surface area contributed by atoms with Gasteiger partial charge in [0.1, 0.15) is 0 Å². The molecule has 1 saturated heterocycles. The van der Waals surface area contributed by atoms with Crippen LogP contribution < -0.4 is 10.6 Å². The second-order valence-corrected chi connectivity index (χ2v) is 5.69.